The standard InChI is InChI=1S/C15H24N4O2.ClH/c1-4-15(5-2,10-16)14(21)19-7-6-12-11(9-19)8-13(20)18(3)17-12;/h8H,4-7,9-10,16H2,1-3H3;1H. The summed E-state index contributed by atoms with van der Waals surface area (Å²) in [5.74, 6) is 0.0985. The lowest BCUT2D eigenvalue weighted by Gasteiger charge is -2.37. The van der Waals surface area contributed by atoms with Crippen LogP contribution >= 0.6 is 12.4 Å². The Kier molecular flexibility index (Phi) is 6.14. The topological polar surface area (TPSA) is 81.2 Å². The number of nitrogens with zero attached hydrogens (tertiary/aromatic N) is 3. The highest BCUT2D eigenvalue weighted by molar-refractivity contribution is 5.85. The van der Waals surface area contributed by atoms with Crippen molar-refractivity contribution in [3.63, 3.8) is 0 Å². The van der Waals surface area contributed by atoms with Gasteiger partial charge in [0.2, 0.25) is 5.91 Å². The molecule has 0 aromatic carbocycles. The van der Waals surface area contributed by atoms with Gasteiger partial charge in [-0.3, -0.25) is 9.59 Å². The quantitative estimate of drug-likeness (QED) is 0.888. The number of carbonyl (C=O) groups is 1. The van der Waals surface area contributed by atoms with Crippen molar-refractivity contribution in [1.82, 2.24) is 14.7 Å². The summed E-state index contributed by atoms with van der Waals surface area (Å²) in [7, 11) is 1.65. The van der Waals surface area contributed by atoms with E-state index in [1.54, 1.807) is 13.1 Å². The van der Waals surface area contributed by atoms with Crippen molar-refractivity contribution in [2.24, 2.45) is 18.2 Å². The van der Waals surface area contributed by atoms with Crippen molar-refractivity contribution in [1.29, 1.82) is 0 Å². The first kappa shape index (κ1) is 18.6. The van der Waals surface area contributed by atoms with Crippen molar-refractivity contribution in [2.45, 2.75) is 39.7 Å². The van der Waals surface area contributed by atoms with Crippen LogP contribution in [0, 0.1) is 5.41 Å². The van der Waals surface area contributed by atoms with Crippen molar-refractivity contribution in [2.75, 3.05) is 13.1 Å². The van der Waals surface area contributed by atoms with E-state index in [4.69, 9.17) is 5.73 Å². The van der Waals surface area contributed by atoms with Gasteiger partial charge in [-0.05, 0) is 12.8 Å². The average Bonchev–Trinajstić information content (AvgIpc) is 2.50. The number of nitrogens with two attached hydrogens (primary N) is 1. The van der Waals surface area contributed by atoms with Crippen LogP contribution in [0.2, 0.25) is 0 Å². The lowest BCUT2D eigenvalue weighted by molar-refractivity contribution is -0.143. The highest BCUT2D eigenvalue weighted by atomic mass is 35.5. The molecule has 1 amide bonds. The van der Waals surface area contributed by atoms with Crippen LogP contribution in [0.3, 0.4) is 0 Å². The lowest BCUT2D eigenvalue weighted by atomic mass is 9.80. The molecule has 1 aliphatic rings. The first-order valence-corrected chi connectivity index (χ1v) is 7.53. The largest absolute Gasteiger partial charge is 0.337 e. The molecule has 7 heteroatoms. The van der Waals surface area contributed by atoms with Gasteiger partial charge in [-0.1, -0.05) is 13.8 Å². The number of fused-ring (bicyclic) bond motifs is 1. The van der Waals surface area contributed by atoms with E-state index < -0.39 is 5.41 Å². The van der Waals surface area contributed by atoms with Crippen LogP contribution in [-0.2, 0) is 24.8 Å². The average molecular weight is 329 g/mol. The first-order valence-electron chi connectivity index (χ1n) is 7.53. The molecule has 0 atom stereocenters. The second-order valence-electron chi connectivity index (χ2n) is 5.75. The molecule has 0 fully saturated rings. The molecule has 0 spiro atoms. The van der Waals surface area contributed by atoms with Crippen molar-refractivity contribution >= 4 is 18.3 Å². The van der Waals surface area contributed by atoms with Gasteiger partial charge in [0, 0.05) is 44.7 Å². The number of aromatic nitrogens is 2. The van der Waals surface area contributed by atoms with E-state index in [1.807, 2.05) is 18.7 Å². The predicted octanol–water partition coefficient (Wildman–Crippen LogP) is 0.852. The Hall–Kier alpha value is -1.40. The summed E-state index contributed by atoms with van der Waals surface area (Å²) in [6.45, 7) is 5.46. The minimum absolute atomic E-state index is 0. The van der Waals surface area contributed by atoms with Crippen LogP contribution in [-0.4, -0.2) is 33.7 Å². The predicted molar refractivity (Wildman–Crippen MR) is 87.9 cm³/mol. The van der Waals surface area contributed by atoms with Crippen LogP contribution in [0.25, 0.3) is 0 Å². The summed E-state index contributed by atoms with van der Waals surface area (Å²) >= 11 is 0. The zero-order valence-corrected chi connectivity index (χ0v) is 14.3. The molecular formula is C15H25ClN4O2. The monoisotopic (exact) mass is 328 g/mol. The van der Waals surface area contributed by atoms with Crippen LogP contribution in [0.1, 0.15) is 37.9 Å². The molecule has 0 saturated heterocycles. The van der Waals surface area contributed by atoms with Crippen LogP contribution in [0.5, 0.6) is 0 Å². The molecule has 0 saturated carbocycles. The van der Waals surface area contributed by atoms with Crippen molar-refractivity contribution in [3.8, 4) is 0 Å². The SMILES string of the molecule is CCC(CC)(CN)C(=O)N1CCc2nn(C)c(=O)cc2C1.Cl. The zero-order valence-electron chi connectivity index (χ0n) is 13.5. The number of halogens is 1. The van der Waals surface area contributed by atoms with E-state index >= 15 is 0 Å². The summed E-state index contributed by atoms with van der Waals surface area (Å²) in [6, 6.07) is 1.59. The van der Waals surface area contributed by atoms with E-state index in [0.29, 0.717) is 26.1 Å². The molecule has 0 radical (unpaired) electrons. The number of aryl methyl sites for hydroxylation is 1. The lowest BCUT2D eigenvalue weighted by Crippen LogP contribution is -2.49. The molecule has 0 bridgehead atoms. The van der Waals surface area contributed by atoms with E-state index in [0.717, 1.165) is 24.1 Å². The van der Waals surface area contributed by atoms with E-state index in [-0.39, 0.29) is 23.9 Å². The van der Waals surface area contributed by atoms with E-state index in [9.17, 15) is 9.59 Å². The fraction of sp³-hybridized carbons (Fsp3) is 0.667. The zero-order chi connectivity index (χ0) is 15.6. The summed E-state index contributed by atoms with van der Waals surface area (Å²) in [6.07, 6.45) is 2.15. The van der Waals surface area contributed by atoms with Gasteiger partial charge in [0.15, 0.2) is 0 Å². The normalized spacial score (nSPS) is 14.3. The molecule has 22 heavy (non-hydrogen) atoms. The van der Waals surface area contributed by atoms with Gasteiger partial charge < -0.3 is 10.6 Å². The molecule has 1 aliphatic heterocycles. The van der Waals surface area contributed by atoms with Crippen LogP contribution < -0.4 is 11.3 Å². The summed E-state index contributed by atoms with van der Waals surface area (Å²) < 4.78 is 1.35. The highest BCUT2D eigenvalue weighted by Gasteiger charge is 2.38. The number of hydrogen-bond acceptors (Lipinski definition) is 4. The molecular weight excluding hydrogens is 304 g/mol. The molecule has 1 aromatic heterocycles. The minimum atomic E-state index is -0.481. The van der Waals surface area contributed by atoms with Gasteiger partial charge in [0.1, 0.15) is 0 Å². The molecule has 0 aliphatic carbocycles. The molecule has 124 valence electrons. The van der Waals surface area contributed by atoms with Gasteiger partial charge in [-0.25, -0.2) is 4.68 Å². The van der Waals surface area contributed by atoms with Gasteiger partial charge >= 0.3 is 0 Å². The van der Waals surface area contributed by atoms with Gasteiger partial charge in [-0.15, -0.1) is 12.4 Å². The first-order chi connectivity index (χ1) is 9.97. The number of hydrogen-bond donors (Lipinski definition) is 1. The number of carbonyl (C=O) groups excluding carboxylic acids is 1. The number of rotatable bonds is 4. The minimum Gasteiger partial charge on any atom is -0.337 e. The van der Waals surface area contributed by atoms with Crippen molar-refractivity contribution in [3.05, 3.63) is 27.7 Å². The maximum atomic E-state index is 12.8. The maximum Gasteiger partial charge on any atom is 0.266 e. The van der Waals surface area contributed by atoms with Gasteiger partial charge in [0.05, 0.1) is 11.1 Å². The molecule has 6 nitrogen and oxygen atoms in total. The molecule has 2 rings (SSSR count). The Bertz CT molecular complexity index is 587. The van der Waals surface area contributed by atoms with Crippen LogP contribution in [0.15, 0.2) is 10.9 Å². The molecule has 2 heterocycles. The fourth-order valence-corrected chi connectivity index (χ4v) is 2.93. The van der Waals surface area contributed by atoms with Gasteiger partial charge in [0.25, 0.3) is 5.56 Å². The van der Waals surface area contributed by atoms with E-state index in [1.165, 1.54) is 4.68 Å². The summed E-state index contributed by atoms with van der Waals surface area (Å²) in [4.78, 5) is 26.3. The molecule has 1 aromatic rings. The Balaban J connectivity index is 0.00000242. The Labute approximate surface area is 137 Å². The van der Waals surface area contributed by atoms with Crippen LogP contribution in [0.4, 0.5) is 0 Å². The summed E-state index contributed by atoms with van der Waals surface area (Å²) in [5.41, 5.74) is 7.01. The van der Waals surface area contributed by atoms with Crippen molar-refractivity contribution < 1.29 is 4.79 Å². The van der Waals surface area contributed by atoms with Gasteiger partial charge in [-0.2, -0.15) is 5.10 Å². The Morgan fingerprint density at radius 1 is 1.41 bits per heavy atom. The maximum absolute atomic E-state index is 12.8. The fourth-order valence-electron chi connectivity index (χ4n) is 2.93. The second-order valence-corrected chi connectivity index (χ2v) is 5.75. The number of amides is 1. The second kappa shape index (κ2) is 7.24. The third-order valence-corrected chi connectivity index (χ3v) is 4.72. The smallest absolute Gasteiger partial charge is 0.266 e. The Morgan fingerprint density at radius 2 is 2.05 bits per heavy atom. The van der Waals surface area contributed by atoms with E-state index in [2.05, 4.69) is 5.10 Å². The highest BCUT2D eigenvalue weighted by Crippen LogP contribution is 2.29. The third-order valence-electron chi connectivity index (χ3n) is 4.72. The Morgan fingerprint density at radius 3 is 2.59 bits per heavy atom. The molecule has 0 unspecified atom stereocenters. The summed E-state index contributed by atoms with van der Waals surface area (Å²) in [5, 5.41) is 4.27. The third kappa shape index (κ3) is 3.17. The molecule has 2 N–H and O–H groups in total.